The van der Waals surface area contributed by atoms with Gasteiger partial charge in [-0.05, 0) is 190 Å². The third-order valence-electron chi connectivity index (χ3n) is 23.1. The first kappa shape index (κ1) is 89.8. The monoisotopic (exact) mass is 1770 g/mol. The summed E-state index contributed by atoms with van der Waals surface area (Å²) >= 11 is 4.35. The van der Waals surface area contributed by atoms with Gasteiger partial charge in [-0.3, -0.25) is 43.2 Å². The van der Waals surface area contributed by atoms with Gasteiger partial charge >= 0.3 is 0 Å². The molecular formula is C109H97N9O9S3. The first-order chi connectivity index (χ1) is 63.6. The van der Waals surface area contributed by atoms with Crippen LogP contribution in [-0.4, -0.2) is 71.3 Å². The Balaban J connectivity index is 0.710. The molecular weight excluding hydrogens is 1680 g/mol. The van der Waals surface area contributed by atoms with Crippen LogP contribution < -0.4 is 47.9 Å². The van der Waals surface area contributed by atoms with Gasteiger partial charge in [-0.1, -0.05) is 309 Å². The van der Waals surface area contributed by atoms with E-state index in [2.05, 4.69) is 47.9 Å². The zero-order valence-electron chi connectivity index (χ0n) is 71.2. The molecule has 0 aliphatic rings. The molecule has 9 N–H and O–H groups in total. The largest absolute Gasteiger partial charge is 0.344 e. The van der Waals surface area contributed by atoms with Gasteiger partial charge in [0.2, 0.25) is 53.2 Å². The summed E-state index contributed by atoms with van der Waals surface area (Å²) in [6, 6.07) is 111. The van der Waals surface area contributed by atoms with E-state index in [1.54, 1.807) is 36.4 Å². The van der Waals surface area contributed by atoms with Gasteiger partial charge in [0.05, 0.1) is 19.3 Å². The molecule has 650 valence electrons. The van der Waals surface area contributed by atoms with Gasteiger partial charge in [-0.25, -0.2) is 0 Å². The number of hydrogen-bond donors (Lipinski definition) is 9. The Hall–Kier alpha value is -15.0. The van der Waals surface area contributed by atoms with Gasteiger partial charge in [-0.2, -0.15) is 34.0 Å². The standard InChI is InChI=1S/C109H97N9O9S3/c119-97(116-107(82-28-10-1-11-29-82,83-30-12-2-13-31-83)84-32-14-3-15-33-84)61-58-94(113-100(122)70-76-64-67-128-73-76)104(125)110-91-52-46-79(47-53-91)103(80-48-54-92(55-49-80)111-105(126)95(114-101(123)71-77-65-68-129-74-77)59-62-98(120)117-108(85-34-16-4-17-35-85,86-36-18-5-19-37-86)87-38-20-6-21-39-87)81-50-56-93(57-51-81)112-106(127)96(115-102(124)72-78-66-69-130-75-78)60-63-99(121)118-109(88-40-22-7-23-41-88,89-42-24-8-25-43-89)90-44-26-9-27-45-90/h1-57,64-69,73-75,94-96,103H,58-63,70-72H2,(H,110,125)(H,111,126)(H,112,127)(H,113,122)(H,114,123)(H,115,124)(H,116,119)(H,117,120)(H,118,121)/t94-,95-,96-/m0/s1. The molecule has 130 heavy (non-hydrogen) atoms. The highest BCUT2D eigenvalue weighted by Gasteiger charge is 2.42. The summed E-state index contributed by atoms with van der Waals surface area (Å²) in [5.41, 5.74) is 9.65. The van der Waals surface area contributed by atoms with E-state index in [1.807, 2.05) is 360 Å². The summed E-state index contributed by atoms with van der Waals surface area (Å²) in [5.74, 6) is -4.56. The predicted molar refractivity (Wildman–Crippen MR) is 516 cm³/mol. The summed E-state index contributed by atoms with van der Waals surface area (Å²) in [6.07, 6.45) is -0.668. The van der Waals surface area contributed by atoms with Crippen LogP contribution in [0.4, 0.5) is 17.1 Å². The van der Waals surface area contributed by atoms with E-state index in [0.717, 1.165) is 83.5 Å². The maximum absolute atomic E-state index is 14.9. The number of carbonyl (C=O) groups is 9. The lowest BCUT2D eigenvalue weighted by molar-refractivity contribution is -0.127. The lowest BCUT2D eigenvalue weighted by atomic mass is 9.77. The topological polar surface area (TPSA) is 262 Å². The van der Waals surface area contributed by atoms with Crippen molar-refractivity contribution in [3.05, 3.63) is 480 Å². The van der Waals surface area contributed by atoms with Crippen molar-refractivity contribution in [1.29, 1.82) is 0 Å². The van der Waals surface area contributed by atoms with E-state index in [1.165, 1.54) is 34.0 Å². The highest BCUT2D eigenvalue weighted by molar-refractivity contribution is 7.08. The van der Waals surface area contributed by atoms with Crippen molar-refractivity contribution < 1.29 is 43.2 Å². The van der Waals surface area contributed by atoms with Crippen LogP contribution in [0.1, 0.15) is 128 Å². The second-order valence-corrected chi connectivity index (χ2v) is 34.2. The number of anilines is 3. The molecule has 0 spiro atoms. The van der Waals surface area contributed by atoms with Crippen molar-refractivity contribution in [2.75, 3.05) is 16.0 Å². The lowest BCUT2D eigenvalue weighted by Gasteiger charge is -2.37. The normalized spacial score (nSPS) is 12.1. The van der Waals surface area contributed by atoms with Crippen LogP contribution in [0.5, 0.6) is 0 Å². The zero-order valence-corrected chi connectivity index (χ0v) is 73.6. The van der Waals surface area contributed by atoms with Crippen molar-refractivity contribution >= 4 is 104 Å². The third kappa shape index (κ3) is 22.3. The molecule has 12 aromatic carbocycles. The van der Waals surface area contributed by atoms with Gasteiger partial charge in [0.1, 0.15) is 34.7 Å². The molecule has 3 aromatic heterocycles. The molecule has 3 atom stereocenters. The fourth-order valence-electron chi connectivity index (χ4n) is 16.8. The van der Waals surface area contributed by atoms with Gasteiger partial charge in [0.15, 0.2) is 0 Å². The van der Waals surface area contributed by atoms with Gasteiger partial charge in [0, 0.05) is 42.2 Å². The van der Waals surface area contributed by atoms with Crippen molar-refractivity contribution in [2.45, 2.75) is 98.4 Å². The number of nitrogens with one attached hydrogen (secondary N) is 9. The van der Waals surface area contributed by atoms with E-state index in [4.69, 9.17) is 0 Å². The molecule has 0 aliphatic carbocycles. The maximum Gasteiger partial charge on any atom is 0.246 e. The molecule has 21 heteroatoms. The van der Waals surface area contributed by atoms with E-state index in [0.29, 0.717) is 17.1 Å². The fourth-order valence-corrected chi connectivity index (χ4v) is 18.8. The van der Waals surface area contributed by atoms with Crippen molar-refractivity contribution in [1.82, 2.24) is 31.9 Å². The minimum atomic E-state index is -1.17. The molecule has 0 aliphatic heterocycles. The number of thiophene rings is 3. The van der Waals surface area contributed by atoms with Gasteiger partial charge in [-0.15, -0.1) is 0 Å². The molecule has 3 heterocycles. The minimum Gasteiger partial charge on any atom is -0.344 e. The predicted octanol–water partition coefficient (Wildman–Crippen LogP) is 18.7. The molecule has 0 radical (unpaired) electrons. The molecule has 18 nitrogen and oxygen atoms in total. The zero-order chi connectivity index (χ0) is 89.9. The number of hydrogen-bond acceptors (Lipinski definition) is 12. The highest BCUT2D eigenvalue weighted by Crippen LogP contribution is 2.42. The lowest BCUT2D eigenvalue weighted by Crippen LogP contribution is -2.49. The molecule has 0 bridgehead atoms. The average Bonchev–Trinajstić information content (AvgIpc) is 1.02. The summed E-state index contributed by atoms with van der Waals surface area (Å²) in [5, 5.41) is 39.4. The Morgan fingerprint density at radius 1 is 0.231 bits per heavy atom. The van der Waals surface area contributed by atoms with Crippen molar-refractivity contribution in [2.24, 2.45) is 0 Å². The molecule has 15 aromatic rings. The maximum atomic E-state index is 14.9. The molecule has 0 unspecified atom stereocenters. The van der Waals surface area contributed by atoms with Crippen LogP contribution in [-0.2, 0) is 79.0 Å². The molecule has 0 fully saturated rings. The van der Waals surface area contributed by atoms with E-state index in [-0.39, 0.29) is 75.5 Å². The quantitative estimate of drug-likeness (QED) is 0.0166. The number of amides is 9. The van der Waals surface area contributed by atoms with E-state index in [9.17, 15) is 43.2 Å². The van der Waals surface area contributed by atoms with Crippen LogP contribution in [0.25, 0.3) is 0 Å². The fraction of sp³-hybridized carbons (Fsp3) is 0.147. The number of carbonyl (C=O) groups excluding carboxylic acids is 9. The Bertz CT molecular complexity index is 5340. The third-order valence-corrected chi connectivity index (χ3v) is 25.3. The molecule has 9 amide bonds. The second-order valence-electron chi connectivity index (χ2n) is 31.9. The molecule has 0 saturated carbocycles. The number of rotatable bonds is 39. The highest BCUT2D eigenvalue weighted by atomic mass is 32.1. The number of benzene rings is 12. The van der Waals surface area contributed by atoms with Crippen LogP contribution in [0.15, 0.2) is 396 Å². The first-order valence-corrected chi connectivity index (χ1v) is 46.0. The summed E-state index contributed by atoms with van der Waals surface area (Å²) in [6.45, 7) is 0. The first-order valence-electron chi connectivity index (χ1n) is 43.1. The Morgan fingerprint density at radius 2 is 0.423 bits per heavy atom. The van der Waals surface area contributed by atoms with Gasteiger partial charge in [0.25, 0.3) is 0 Å². The van der Waals surface area contributed by atoms with Gasteiger partial charge < -0.3 is 47.9 Å². The van der Waals surface area contributed by atoms with E-state index < -0.39 is 76.1 Å². The Labute approximate surface area is 768 Å². The van der Waals surface area contributed by atoms with Crippen molar-refractivity contribution in [3.63, 3.8) is 0 Å². The van der Waals surface area contributed by atoms with Crippen LogP contribution in [0, 0.1) is 0 Å². The summed E-state index contributed by atoms with van der Waals surface area (Å²) < 4.78 is 0. The second kappa shape index (κ2) is 43.4. The summed E-state index contributed by atoms with van der Waals surface area (Å²) in [7, 11) is 0. The van der Waals surface area contributed by atoms with E-state index >= 15 is 0 Å². The van der Waals surface area contributed by atoms with Crippen LogP contribution >= 0.6 is 34.0 Å². The molecule has 0 saturated heterocycles. The average molecular weight is 1770 g/mol. The van der Waals surface area contributed by atoms with Crippen molar-refractivity contribution in [3.8, 4) is 0 Å². The smallest absolute Gasteiger partial charge is 0.246 e. The SMILES string of the molecule is O=C(Cc1ccsc1)N[C@@H](CCC(=O)NC(c1ccccc1)(c1ccccc1)c1ccccc1)C(=O)Nc1ccc(C(c2ccc(NC(=O)[C@H](CCC(=O)NC(c3ccccc3)(c3ccccc3)c3ccccc3)NC(=O)Cc3ccsc3)cc2)c2ccc(NC(=O)[C@H](CCC(=O)NC(c3ccccc3)(c3ccccc3)c3ccccc3)NC(=O)Cc3ccsc3)cc2)cc1. The minimum absolute atomic E-state index is 0.00400. The summed E-state index contributed by atoms with van der Waals surface area (Å²) in [4.78, 5) is 131. The Kier molecular flexibility index (Phi) is 30.0. The van der Waals surface area contributed by atoms with Crippen LogP contribution in [0.3, 0.4) is 0 Å². The molecule has 15 rings (SSSR count). The Morgan fingerprint density at radius 3 is 0.600 bits per heavy atom. The van der Waals surface area contributed by atoms with Crippen LogP contribution in [0.2, 0.25) is 0 Å².